The van der Waals surface area contributed by atoms with E-state index in [1.54, 1.807) is 0 Å². The highest BCUT2D eigenvalue weighted by molar-refractivity contribution is 7.98. The maximum Gasteiger partial charge on any atom is 0.0482 e. The average molecular weight is 303 g/mol. The first-order chi connectivity index (χ1) is 10.8. The molecule has 0 aliphatic rings. The van der Waals surface area contributed by atoms with Crippen molar-refractivity contribution in [3.05, 3.63) is 66.2 Å². The standard InChI is InChI=1S/C20H17NS/c1-13-16(14-8-4-3-5-9-14)12-18-19(20(13)22-2)15-10-6-7-11-17(15)21-18/h3-12,21H,1-2H3. The van der Waals surface area contributed by atoms with Gasteiger partial charge in [-0.2, -0.15) is 0 Å². The van der Waals surface area contributed by atoms with Gasteiger partial charge in [-0.1, -0.05) is 48.5 Å². The molecule has 0 saturated carbocycles. The fraction of sp³-hybridized carbons (Fsp3) is 0.100. The molecule has 1 heterocycles. The molecule has 0 saturated heterocycles. The molecule has 0 atom stereocenters. The minimum atomic E-state index is 1.21. The molecule has 4 rings (SSSR count). The summed E-state index contributed by atoms with van der Waals surface area (Å²) in [5.41, 5.74) is 6.36. The quantitative estimate of drug-likeness (QED) is 0.448. The highest BCUT2D eigenvalue weighted by Crippen LogP contribution is 2.40. The zero-order chi connectivity index (χ0) is 15.1. The van der Waals surface area contributed by atoms with E-state index in [9.17, 15) is 0 Å². The zero-order valence-corrected chi connectivity index (χ0v) is 13.5. The van der Waals surface area contributed by atoms with Crippen LogP contribution in [0.2, 0.25) is 0 Å². The van der Waals surface area contributed by atoms with Gasteiger partial charge in [-0.15, -0.1) is 11.8 Å². The molecule has 0 fully saturated rings. The largest absolute Gasteiger partial charge is 0.354 e. The highest BCUT2D eigenvalue weighted by Gasteiger charge is 2.14. The molecule has 4 aromatic rings. The summed E-state index contributed by atoms with van der Waals surface area (Å²) in [4.78, 5) is 4.95. The molecule has 0 aliphatic heterocycles. The molecule has 0 radical (unpaired) electrons. The minimum Gasteiger partial charge on any atom is -0.354 e. The molecule has 3 aromatic carbocycles. The first kappa shape index (κ1) is 13.5. The van der Waals surface area contributed by atoms with Gasteiger partial charge in [-0.05, 0) is 42.0 Å². The van der Waals surface area contributed by atoms with Gasteiger partial charge in [-0.3, -0.25) is 0 Å². The predicted octanol–water partition coefficient (Wildman–Crippen LogP) is 6.02. The fourth-order valence-electron chi connectivity index (χ4n) is 3.25. The van der Waals surface area contributed by atoms with E-state index in [2.05, 4.69) is 78.8 Å². The second kappa shape index (κ2) is 5.22. The molecule has 1 nitrogen and oxygen atoms in total. The Labute approximate surface area is 134 Å². The van der Waals surface area contributed by atoms with Crippen LogP contribution in [0.25, 0.3) is 32.9 Å². The summed E-state index contributed by atoms with van der Waals surface area (Å²) in [6.07, 6.45) is 2.16. The third-order valence-corrected chi connectivity index (χ3v) is 5.20. The summed E-state index contributed by atoms with van der Waals surface area (Å²) in [6, 6.07) is 21.5. The van der Waals surface area contributed by atoms with Crippen LogP contribution in [0.3, 0.4) is 0 Å². The summed E-state index contributed by atoms with van der Waals surface area (Å²) in [7, 11) is 0. The molecule has 22 heavy (non-hydrogen) atoms. The first-order valence-electron chi connectivity index (χ1n) is 7.43. The lowest BCUT2D eigenvalue weighted by atomic mass is 9.98. The number of H-pyrrole nitrogens is 1. The SMILES string of the molecule is CSc1c(C)c(-c2ccccc2)cc2[nH]c3ccccc3c12. The number of nitrogens with one attached hydrogen (secondary N) is 1. The predicted molar refractivity (Wildman–Crippen MR) is 97.8 cm³/mol. The van der Waals surface area contributed by atoms with Gasteiger partial charge in [-0.25, -0.2) is 0 Å². The number of fused-ring (bicyclic) bond motifs is 3. The Morgan fingerprint density at radius 3 is 2.36 bits per heavy atom. The molecule has 0 bridgehead atoms. The number of benzene rings is 3. The van der Waals surface area contributed by atoms with Crippen LogP contribution >= 0.6 is 11.8 Å². The topological polar surface area (TPSA) is 15.8 Å². The van der Waals surface area contributed by atoms with Crippen molar-refractivity contribution < 1.29 is 0 Å². The van der Waals surface area contributed by atoms with Gasteiger partial charge in [0.05, 0.1) is 0 Å². The van der Waals surface area contributed by atoms with Crippen molar-refractivity contribution in [2.24, 2.45) is 0 Å². The molecule has 0 aliphatic carbocycles. The second-order valence-corrected chi connectivity index (χ2v) is 6.36. The van der Waals surface area contributed by atoms with Gasteiger partial charge in [0.1, 0.15) is 0 Å². The van der Waals surface area contributed by atoms with Gasteiger partial charge in [0.15, 0.2) is 0 Å². The molecule has 0 unspecified atom stereocenters. The van der Waals surface area contributed by atoms with E-state index < -0.39 is 0 Å². The lowest BCUT2D eigenvalue weighted by Gasteiger charge is -2.12. The fourth-order valence-corrected chi connectivity index (χ4v) is 4.09. The maximum atomic E-state index is 3.58. The molecular formula is C20H17NS. The molecule has 0 amide bonds. The number of hydrogen-bond acceptors (Lipinski definition) is 1. The van der Waals surface area contributed by atoms with Crippen LogP contribution in [0.4, 0.5) is 0 Å². The van der Waals surface area contributed by atoms with Crippen LogP contribution in [0.15, 0.2) is 65.6 Å². The maximum absolute atomic E-state index is 3.58. The summed E-state index contributed by atoms with van der Waals surface area (Å²) < 4.78 is 0. The molecule has 1 aromatic heterocycles. The Bertz CT molecular complexity index is 967. The van der Waals surface area contributed by atoms with Crippen molar-refractivity contribution in [3.63, 3.8) is 0 Å². The number of aromatic nitrogens is 1. The van der Waals surface area contributed by atoms with E-state index in [0.717, 1.165) is 0 Å². The second-order valence-electron chi connectivity index (χ2n) is 5.54. The van der Waals surface area contributed by atoms with Gasteiger partial charge in [0.2, 0.25) is 0 Å². The normalized spacial score (nSPS) is 11.4. The molecular weight excluding hydrogens is 286 g/mol. The van der Waals surface area contributed by atoms with Gasteiger partial charge >= 0.3 is 0 Å². The Hall–Kier alpha value is -2.19. The number of aromatic amines is 1. The van der Waals surface area contributed by atoms with Crippen molar-refractivity contribution in [1.82, 2.24) is 4.98 Å². The van der Waals surface area contributed by atoms with Gasteiger partial charge in [0.25, 0.3) is 0 Å². The number of para-hydroxylation sites is 1. The van der Waals surface area contributed by atoms with Crippen LogP contribution in [0.1, 0.15) is 5.56 Å². The number of hydrogen-bond donors (Lipinski definition) is 1. The van der Waals surface area contributed by atoms with Crippen molar-refractivity contribution in [1.29, 1.82) is 0 Å². The lowest BCUT2D eigenvalue weighted by Crippen LogP contribution is -1.88. The summed E-state index contributed by atoms with van der Waals surface area (Å²) in [5, 5.41) is 2.66. The molecule has 0 spiro atoms. The molecule has 108 valence electrons. The Kier molecular flexibility index (Phi) is 3.20. The number of thioether (sulfide) groups is 1. The zero-order valence-electron chi connectivity index (χ0n) is 12.7. The van der Waals surface area contributed by atoms with Crippen molar-refractivity contribution >= 4 is 33.6 Å². The van der Waals surface area contributed by atoms with E-state index in [0.29, 0.717) is 0 Å². The van der Waals surface area contributed by atoms with Crippen LogP contribution < -0.4 is 0 Å². The average Bonchev–Trinajstić information content (AvgIpc) is 2.93. The Morgan fingerprint density at radius 2 is 1.59 bits per heavy atom. The van der Waals surface area contributed by atoms with Crippen molar-refractivity contribution in [3.8, 4) is 11.1 Å². The highest BCUT2D eigenvalue weighted by atomic mass is 32.2. The van der Waals surface area contributed by atoms with Crippen molar-refractivity contribution in [2.75, 3.05) is 6.26 Å². The summed E-state index contributed by atoms with van der Waals surface area (Å²) in [6.45, 7) is 2.23. The van der Waals surface area contributed by atoms with Crippen LogP contribution in [-0.4, -0.2) is 11.2 Å². The third-order valence-electron chi connectivity index (χ3n) is 4.28. The van der Waals surface area contributed by atoms with E-state index in [-0.39, 0.29) is 0 Å². The van der Waals surface area contributed by atoms with Gasteiger partial charge in [0, 0.05) is 26.7 Å². The van der Waals surface area contributed by atoms with Crippen LogP contribution in [0, 0.1) is 6.92 Å². The van der Waals surface area contributed by atoms with Crippen LogP contribution in [-0.2, 0) is 0 Å². The molecule has 2 heteroatoms. The third kappa shape index (κ3) is 1.95. The van der Waals surface area contributed by atoms with Crippen molar-refractivity contribution in [2.45, 2.75) is 11.8 Å². The Balaban J connectivity index is 2.13. The minimum absolute atomic E-state index is 1.21. The number of rotatable bonds is 2. The van der Waals surface area contributed by atoms with E-state index in [1.165, 1.54) is 43.4 Å². The Morgan fingerprint density at radius 1 is 0.864 bits per heavy atom. The first-order valence-corrected chi connectivity index (χ1v) is 8.65. The van der Waals surface area contributed by atoms with E-state index in [1.807, 2.05) is 11.8 Å². The van der Waals surface area contributed by atoms with E-state index >= 15 is 0 Å². The monoisotopic (exact) mass is 303 g/mol. The molecule has 1 N–H and O–H groups in total. The smallest absolute Gasteiger partial charge is 0.0482 e. The van der Waals surface area contributed by atoms with E-state index in [4.69, 9.17) is 0 Å². The summed E-state index contributed by atoms with van der Waals surface area (Å²) >= 11 is 1.83. The summed E-state index contributed by atoms with van der Waals surface area (Å²) in [5.74, 6) is 0. The van der Waals surface area contributed by atoms with Crippen LogP contribution in [0.5, 0.6) is 0 Å². The van der Waals surface area contributed by atoms with Gasteiger partial charge < -0.3 is 4.98 Å². The lowest BCUT2D eigenvalue weighted by molar-refractivity contribution is 1.35.